The number of benzene rings is 1. The predicted molar refractivity (Wildman–Crippen MR) is 106 cm³/mol. The molecule has 0 radical (unpaired) electrons. The van der Waals surface area contributed by atoms with E-state index >= 15 is 0 Å². The first-order valence-electron chi connectivity index (χ1n) is 9.92. The van der Waals surface area contributed by atoms with Crippen LogP contribution in [0.25, 0.3) is 0 Å². The fraction of sp³-hybridized carbons (Fsp3) is 0.409. The lowest BCUT2D eigenvalue weighted by molar-refractivity contribution is -0.133. The van der Waals surface area contributed by atoms with E-state index in [0.717, 1.165) is 30.8 Å². The molecule has 3 atom stereocenters. The van der Waals surface area contributed by atoms with E-state index < -0.39 is 0 Å². The number of carbonyl (C=O) groups is 2. The van der Waals surface area contributed by atoms with Crippen molar-refractivity contribution < 1.29 is 14.0 Å². The van der Waals surface area contributed by atoms with E-state index in [1.165, 1.54) is 19.1 Å². The molecule has 3 heterocycles. The highest BCUT2D eigenvalue weighted by atomic mass is 19.1. The molecule has 2 amide bonds. The summed E-state index contributed by atoms with van der Waals surface area (Å²) in [6.07, 6.45) is 3.64. The van der Waals surface area contributed by atoms with Gasteiger partial charge in [0.15, 0.2) is 0 Å². The van der Waals surface area contributed by atoms with E-state index in [2.05, 4.69) is 21.3 Å². The van der Waals surface area contributed by atoms with Crippen LogP contribution in [-0.4, -0.2) is 52.8 Å². The number of likely N-dealkylation sites (tertiary alicyclic amines) is 2. The molecule has 0 aliphatic carbocycles. The molecule has 0 saturated carbocycles. The summed E-state index contributed by atoms with van der Waals surface area (Å²) in [7, 11) is 0. The molecule has 2 aliphatic rings. The maximum Gasteiger partial charge on any atom is 0.242 e. The minimum Gasteiger partial charge on any atom is -0.347 e. The summed E-state index contributed by atoms with van der Waals surface area (Å²) >= 11 is 0. The topological polar surface area (TPSA) is 65.5 Å². The zero-order chi connectivity index (χ0) is 20.4. The van der Waals surface area contributed by atoms with Crippen molar-refractivity contribution in [2.24, 2.45) is 11.8 Å². The Morgan fingerprint density at radius 3 is 2.79 bits per heavy atom. The fourth-order valence-corrected chi connectivity index (χ4v) is 4.69. The lowest BCUT2D eigenvalue weighted by Crippen LogP contribution is -2.41. The fourth-order valence-electron chi connectivity index (χ4n) is 4.69. The summed E-state index contributed by atoms with van der Waals surface area (Å²) in [4.78, 5) is 32.4. The van der Waals surface area contributed by atoms with Gasteiger partial charge in [0.25, 0.3) is 0 Å². The molecule has 2 fully saturated rings. The second-order valence-electron chi connectivity index (χ2n) is 7.93. The number of rotatable bonds is 5. The second-order valence-corrected chi connectivity index (χ2v) is 7.93. The number of pyridine rings is 1. The maximum absolute atomic E-state index is 13.9. The minimum atomic E-state index is -0.301. The molecular formula is C22H25FN4O2. The largest absolute Gasteiger partial charge is 0.347 e. The number of fused-ring (bicyclic) bond motifs is 1. The van der Waals surface area contributed by atoms with Crippen LogP contribution in [0, 0.1) is 17.7 Å². The average Bonchev–Trinajstić information content (AvgIpc) is 3.24. The third kappa shape index (κ3) is 4.29. The summed E-state index contributed by atoms with van der Waals surface area (Å²) in [6.45, 7) is 4.52. The van der Waals surface area contributed by atoms with Crippen LogP contribution in [0.2, 0.25) is 0 Å². The molecular weight excluding hydrogens is 371 g/mol. The highest BCUT2D eigenvalue weighted by Gasteiger charge is 2.48. The van der Waals surface area contributed by atoms with E-state index in [1.54, 1.807) is 12.3 Å². The van der Waals surface area contributed by atoms with Crippen LogP contribution in [-0.2, 0) is 16.1 Å². The minimum absolute atomic E-state index is 0.0278. The van der Waals surface area contributed by atoms with E-state index in [0.29, 0.717) is 12.5 Å². The summed E-state index contributed by atoms with van der Waals surface area (Å²) < 4.78 is 13.9. The van der Waals surface area contributed by atoms with Gasteiger partial charge in [-0.2, -0.15) is 0 Å². The number of nitrogens with zero attached hydrogens (tertiary/aromatic N) is 3. The van der Waals surface area contributed by atoms with Crippen LogP contribution < -0.4 is 5.32 Å². The molecule has 4 rings (SSSR count). The SMILES string of the molecule is CC(=O)NCC(=O)N1C[C@@H]2CN(Cc3cccnc3)C[C@@H]2[C@H]1c1cccc(F)c1. The number of nitrogens with one attached hydrogen (secondary N) is 1. The molecule has 2 aliphatic heterocycles. The number of hydrogen-bond donors (Lipinski definition) is 1. The molecule has 0 spiro atoms. The highest BCUT2D eigenvalue weighted by molar-refractivity contribution is 5.84. The Morgan fingerprint density at radius 2 is 2.07 bits per heavy atom. The van der Waals surface area contributed by atoms with Gasteiger partial charge in [0, 0.05) is 51.4 Å². The van der Waals surface area contributed by atoms with Gasteiger partial charge in [-0.05, 0) is 35.2 Å². The molecule has 1 aromatic heterocycles. The molecule has 7 heteroatoms. The van der Waals surface area contributed by atoms with Gasteiger partial charge in [0.1, 0.15) is 5.82 Å². The number of carbonyl (C=O) groups excluding carboxylic acids is 2. The van der Waals surface area contributed by atoms with Crippen LogP contribution in [0.15, 0.2) is 48.8 Å². The number of amides is 2. The Bertz CT molecular complexity index is 891. The first kappa shape index (κ1) is 19.5. The highest BCUT2D eigenvalue weighted by Crippen LogP contribution is 2.45. The zero-order valence-electron chi connectivity index (χ0n) is 16.4. The monoisotopic (exact) mass is 396 g/mol. The van der Waals surface area contributed by atoms with Gasteiger partial charge < -0.3 is 10.2 Å². The van der Waals surface area contributed by atoms with E-state index in [4.69, 9.17) is 0 Å². The molecule has 0 bridgehead atoms. The molecule has 1 aromatic carbocycles. The van der Waals surface area contributed by atoms with E-state index in [9.17, 15) is 14.0 Å². The molecule has 1 N–H and O–H groups in total. The Hall–Kier alpha value is -2.80. The van der Waals surface area contributed by atoms with Gasteiger partial charge in [0.05, 0.1) is 12.6 Å². The van der Waals surface area contributed by atoms with Gasteiger partial charge in [-0.3, -0.25) is 19.5 Å². The van der Waals surface area contributed by atoms with Crippen molar-refractivity contribution in [3.63, 3.8) is 0 Å². The first-order chi connectivity index (χ1) is 14.0. The molecule has 152 valence electrons. The van der Waals surface area contributed by atoms with Crippen molar-refractivity contribution in [3.8, 4) is 0 Å². The Kier molecular flexibility index (Phi) is 5.58. The summed E-state index contributed by atoms with van der Waals surface area (Å²) in [5.41, 5.74) is 1.98. The number of halogens is 1. The van der Waals surface area contributed by atoms with Crippen molar-refractivity contribution in [2.75, 3.05) is 26.2 Å². The predicted octanol–water partition coefficient (Wildman–Crippen LogP) is 1.99. The van der Waals surface area contributed by atoms with Gasteiger partial charge in [0.2, 0.25) is 11.8 Å². The van der Waals surface area contributed by atoms with Gasteiger partial charge in [-0.15, -0.1) is 0 Å². The smallest absolute Gasteiger partial charge is 0.242 e. The van der Waals surface area contributed by atoms with Gasteiger partial charge in [-0.1, -0.05) is 18.2 Å². The lowest BCUT2D eigenvalue weighted by atomic mass is 9.89. The molecule has 2 saturated heterocycles. The maximum atomic E-state index is 13.9. The third-order valence-electron chi connectivity index (χ3n) is 5.87. The number of aromatic nitrogens is 1. The van der Waals surface area contributed by atoms with Crippen molar-refractivity contribution in [2.45, 2.75) is 19.5 Å². The van der Waals surface area contributed by atoms with Crippen molar-refractivity contribution in [3.05, 3.63) is 65.7 Å². The Morgan fingerprint density at radius 1 is 1.21 bits per heavy atom. The summed E-state index contributed by atoms with van der Waals surface area (Å²) in [6, 6.07) is 10.3. The Balaban J connectivity index is 1.54. The molecule has 29 heavy (non-hydrogen) atoms. The lowest BCUT2D eigenvalue weighted by Gasteiger charge is -2.30. The average molecular weight is 396 g/mol. The van der Waals surface area contributed by atoms with Crippen molar-refractivity contribution in [1.82, 2.24) is 20.1 Å². The Labute approximate surface area is 169 Å². The van der Waals surface area contributed by atoms with Crippen LogP contribution in [0.3, 0.4) is 0 Å². The van der Waals surface area contributed by atoms with Gasteiger partial charge in [-0.25, -0.2) is 4.39 Å². The van der Waals surface area contributed by atoms with Gasteiger partial charge >= 0.3 is 0 Å². The van der Waals surface area contributed by atoms with Crippen molar-refractivity contribution >= 4 is 11.8 Å². The van der Waals surface area contributed by atoms with Crippen LogP contribution >= 0.6 is 0 Å². The molecule has 2 aromatic rings. The number of hydrogen-bond acceptors (Lipinski definition) is 4. The van der Waals surface area contributed by atoms with E-state index in [1.807, 2.05) is 23.2 Å². The quantitative estimate of drug-likeness (QED) is 0.840. The van der Waals surface area contributed by atoms with Crippen LogP contribution in [0.5, 0.6) is 0 Å². The first-order valence-corrected chi connectivity index (χ1v) is 9.92. The molecule has 6 nitrogen and oxygen atoms in total. The standard InChI is InChI=1S/C22H25FN4O2/c1-15(28)25-10-21(29)27-13-18-12-26(11-16-4-3-7-24-9-16)14-20(18)22(27)17-5-2-6-19(23)8-17/h2-9,18,20,22H,10-14H2,1H3,(H,25,28)/t18-,20-,22+/m0/s1. The van der Waals surface area contributed by atoms with E-state index in [-0.39, 0.29) is 36.1 Å². The zero-order valence-corrected chi connectivity index (χ0v) is 16.4. The van der Waals surface area contributed by atoms with Crippen LogP contribution in [0.1, 0.15) is 24.1 Å². The van der Waals surface area contributed by atoms with Crippen molar-refractivity contribution in [1.29, 1.82) is 0 Å². The third-order valence-corrected chi connectivity index (χ3v) is 5.87. The summed E-state index contributed by atoms with van der Waals surface area (Å²) in [5.74, 6) is -0.105. The van der Waals surface area contributed by atoms with Crippen LogP contribution in [0.4, 0.5) is 4.39 Å². The molecule has 0 unspecified atom stereocenters. The second kappa shape index (κ2) is 8.29. The summed E-state index contributed by atoms with van der Waals surface area (Å²) in [5, 5.41) is 2.59. The normalized spacial score (nSPS) is 23.8.